The third kappa shape index (κ3) is 2.82. The second-order valence-electron chi connectivity index (χ2n) is 6.44. The van der Waals surface area contributed by atoms with E-state index in [1.54, 1.807) is 0 Å². The molecule has 0 radical (unpaired) electrons. The van der Waals surface area contributed by atoms with Gasteiger partial charge < -0.3 is 14.4 Å². The number of aromatic nitrogens is 3. The molecule has 1 atom stereocenters. The number of nitrogens with zero attached hydrogens (tertiary/aromatic N) is 5. The van der Waals surface area contributed by atoms with Crippen molar-refractivity contribution >= 4 is 0 Å². The van der Waals surface area contributed by atoms with E-state index in [1.165, 1.54) is 45.4 Å². The normalized spacial score (nSPS) is 29.4. The van der Waals surface area contributed by atoms with Crippen LogP contribution in [-0.4, -0.2) is 64.3 Å². The molecule has 2 aliphatic heterocycles. The summed E-state index contributed by atoms with van der Waals surface area (Å²) in [5.74, 6) is 1.02. The quantitative estimate of drug-likeness (QED) is 0.815. The smallest absolute Gasteiger partial charge is 0.129 e. The molecule has 0 bridgehead atoms. The van der Waals surface area contributed by atoms with Gasteiger partial charge in [-0.2, -0.15) is 0 Å². The van der Waals surface area contributed by atoms with Crippen LogP contribution in [0.15, 0.2) is 6.33 Å². The third-order valence-electron chi connectivity index (χ3n) is 4.84. The van der Waals surface area contributed by atoms with Crippen LogP contribution in [0.5, 0.6) is 0 Å². The van der Waals surface area contributed by atoms with Crippen LogP contribution in [-0.2, 0) is 6.54 Å². The van der Waals surface area contributed by atoms with Gasteiger partial charge in [-0.25, -0.2) is 0 Å². The molecule has 3 rings (SSSR count). The third-order valence-corrected chi connectivity index (χ3v) is 4.84. The molecule has 1 aromatic heterocycles. The maximum Gasteiger partial charge on any atom is 0.129 e. The highest BCUT2D eigenvalue weighted by molar-refractivity contribution is 4.94. The molecule has 2 fully saturated rings. The Morgan fingerprint density at radius 1 is 1.21 bits per heavy atom. The van der Waals surface area contributed by atoms with Crippen molar-refractivity contribution in [3.8, 4) is 0 Å². The number of hydrogen-bond acceptors (Lipinski definition) is 4. The zero-order valence-corrected chi connectivity index (χ0v) is 12.2. The van der Waals surface area contributed by atoms with Gasteiger partial charge in [-0.1, -0.05) is 0 Å². The molecule has 5 nitrogen and oxygen atoms in total. The standard InChI is InChI=1S/C14H25N5/c1-13-16-15-12-19(13)9-8-18-6-3-4-14(11-18)5-7-17(2)10-14/h12H,3-11H2,1-2H3. The fourth-order valence-electron chi connectivity index (χ4n) is 3.77. The summed E-state index contributed by atoms with van der Waals surface area (Å²) in [6, 6.07) is 0. The minimum Gasteiger partial charge on any atom is -0.317 e. The summed E-state index contributed by atoms with van der Waals surface area (Å²) in [4.78, 5) is 5.13. The van der Waals surface area contributed by atoms with E-state index in [2.05, 4.69) is 31.6 Å². The van der Waals surface area contributed by atoms with E-state index in [0.717, 1.165) is 18.9 Å². The Morgan fingerprint density at radius 2 is 2.11 bits per heavy atom. The van der Waals surface area contributed by atoms with E-state index in [1.807, 2.05) is 13.3 Å². The highest BCUT2D eigenvalue weighted by Crippen LogP contribution is 2.38. The first-order valence-electron chi connectivity index (χ1n) is 7.42. The van der Waals surface area contributed by atoms with Crippen molar-refractivity contribution in [1.29, 1.82) is 0 Å². The Morgan fingerprint density at radius 3 is 2.79 bits per heavy atom. The van der Waals surface area contributed by atoms with Gasteiger partial charge >= 0.3 is 0 Å². The van der Waals surface area contributed by atoms with E-state index in [9.17, 15) is 0 Å². The fraction of sp³-hybridized carbons (Fsp3) is 0.857. The number of likely N-dealkylation sites (tertiary alicyclic amines) is 2. The van der Waals surface area contributed by atoms with Crippen molar-refractivity contribution in [2.24, 2.45) is 5.41 Å². The maximum absolute atomic E-state index is 4.05. The largest absolute Gasteiger partial charge is 0.317 e. The number of piperidine rings is 1. The van der Waals surface area contributed by atoms with Gasteiger partial charge in [0.2, 0.25) is 0 Å². The molecular weight excluding hydrogens is 238 g/mol. The van der Waals surface area contributed by atoms with Crippen LogP contribution in [0.4, 0.5) is 0 Å². The lowest BCUT2D eigenvalue weighted by molar-refractivity contribution is 0.0924. The zero-order chi connectivity index (χ0) is 13.3. The van der Waals surface area contributed by atoms with Crippen molar-refractivity contribution in [3.05, 3.63) is 12.2 Å². The van der Waals surface area contributed by atoms with Crippen LogP contribution in [0.3, 0.4) is 0 Å². The summed E-state index contributed by atoms with van der Waals surface area (Å²) in [5, 5.41) is 8.00. The second kappa shape index (κ2) is 5.21. The van der Waals surface area contributed by atoms with Gasteiger partial charge in [0.15, 0.2) is 0 Å². The van der Waals surface area contributed by atoms with Crippen molar-refractivity contribution in [1.82, 2.24) is 24.6 Å². The van der Waals surface area contributed by atoms with Gasteiger partial charge in [0.05, 0.1) is 0 Å². The summed E-state index contributed by atoms with van der Waals surface area (Å²) in [7, 11) is 2.26. The monoisotopic (exact) mass is 263 g/mol. The van der Waals surface area contributed by atoms with E-state index in [4.69, 9.17) is 0 Å². The molecule has 1 unspecified atom stereocenters. The van der Waals surface area contributed by atoms with E-state index >= 15 is 0 Å². The van der Waals surface area contributed by atoms with Crippen molar-refractivity contribution in [3.63, 3.8) is 0 Å². The second-order valence-corrected chi connectivity index (χ2v) is 6.44. The summed E-state index contributed by atoms with van der Waals surface area (Å²) in [5.41, 5.74) is 0.579. The lowest BCUT2D eigenvalue weighted by Gasteiger charge is -2.40. The Balaban J connectivity index is 1.56. The molecule has 0 amide bonds. The van der Waals surface area contributed by atoms with Gasteiger partial charge in [-0.3, -0.25) is 0 Å². The minimum absolute atomic E-state index is 0.579. The Bertz CT molecular complexity index is 425. The Labute approximate surface area is 115 Å². The van der Waals surface area contributed by atoms with Gasteiger partial charge in [0.1, 0.15) is 12.2 Å². The van der Waals surface area contributed by atoms with Gasteiger partial charge in [0, 0.05) is 26.2 Å². The Kier molecular flexibility index (Phi) is 3.58. The molecule has 1 spiro atoms. The minimum atomic E-state index is 0.579. The van der Waals surface area contributed by atoms with Crippen LogP contribution in [0.1, 0.15) is 25.1 Å². The number of hydrogen-bond donors (Lipinski definition) is 0. The molecule has 2 saturated heterocycles. The first kappa shape index (κ1) is 13.1. The topological polar surface area (TPSA) is 37.2 Å². The van der Waals surface area contributed by atoms with Crippen molar-refractivity contribution in [2.75, 3.05) is 39.8 Å². The predicted molar refractivity (Wildman–Crippen MR) is 75.0 cm³/mol. The van der Waals surface area contributed by atoms with Crippen LogP contribution in [0.25, 0.3) is 0 Å². The van der Waals surface area contributed by atoms with Crippen LogP contribution >= 0.6 is 0 Å². The van der Waals surface area contributed by atoms with E-state index in [0.29, 0.717) is 5.41 Å². The first-order chi connectivity index (χ1) is 9.17. The molecule has 2 aliphatic rings. The molecule has 3 heterocycles. The highest BCUT2D eigenvalue weighted by atomic mass is 15.3. The fourth-order valence-corrected chi connectivity index (χ4v) is 3.77. The lowest BCUT2D eigenvalue weighted by Crippen LogP contribution is -2.45. The van der Waals surface area contributed by atoms with Crippen molar-refractivity contribution < 1.29 is 0 Å². The predicted octanol–water partition coefficient (Wildman–Crippen LogP) is 1.00. The van der Waals surface area contributed by atoms with Crippen molar-refractivity contribution in [2.45, 2.75) is 32.7 Å². The average Bonchev–Trinajstić information content (AvgIpc) is 2.94. The summed E-state index contributed by atoms with van der Waals surface area (Å²) in [6.07, 6.45) is 6.00. The average molecular weight is 263 g/mol. The van der Waals surface area contributed by atoms with Gasteiger partial charge in [-0.15, -0.1) is 10.2 Å². The molecule has 0 saturated carbocycles. The molecule has 0 aliphatic carbocycles. The molecule has 0 N–H and O–H groups in total. The Hall–Kier alpha value is -0.940. The van der Waals surface area contributed by atoms with Gasteiger partial charge in [0.25, 0.3) is 0 Å². The highest BCUT2D eigenvalue weighted by Gasteiger charge is 2.39. The molecule has 106 valence electrons. The molecule has 5 heteroatoms. The SMILES string of the molecule is Cc1nncn1CCN1CCCC2(CCN(C)C2)C1. The van der Waals surface area contributed by atoms with E-state index < -0.39 is 0 Å². The van der Waals surface area contributed by atoms with E-state index in [-0.39, 0.29) is 0 Å². The van der Waals surface area contributed by atoms with Crippen LogP contribution in [0.2, 0.25) is 0 Å². The summed E-state index contributed by atoms with van der Waals surface area (Å²) in [6.45, 7) is 9.27. The van der Waals surface area contributed by atoms with Gasteiger partial charge in [-0.05, 0) is 51.7 Å². The lowest BCUT2D eigenvalue weighted by atomic mass is 9.79. The first-order valence-corrected chi connectivity index (χ1v) is 7.42. The summed E-state index contributed by atoms with van der Waals surface area (Å²) >= 11 is 0. The maximum atomic E-state index is 4.05. The van der Waals surface area contributed by atoms with Crippen LogP contribution in [0, 0.1) is 12.3 Å². The summed E-state index contributed by atoms with van der Waals surface area (Å²) < 4.78 is 2.15. The molecular formula is C14H25N5. The zero-order valence-electron chi connectivity index (χ0n) is 12.2. The molecule has 1 aromatic rings. The molecule has 0 aromatic carbocycles. The number of aryl methyl sites for hydroxylation is 1. The van der Waals surface area contributed by atoms with Crippen LogP contribution < -0.4 is 0 Å². The number of rotatable bonds is 3. The molecule has 19 heavy (non-hydrogen) atoms.